The fraction of sp³-hybridized carbons (Fsp3) is 0.226. The number of esters is 1. The molecular weight excluding hydrogens is 1010 g/mol. The van der Waals surface area contributed by atoms with Crippen LogP contribution in [0.5, 0.6) is 11.5 Å². The molecule has 4 aliphatic rings. The Morgan fingerprint density at radius 3 is 2.13 bits per heavy atom. The summed E-state index contributed by atoms with van der Waals surface area (Å²) in [4.78, 5) is 79.9. The smallest absolute Gasteiger partial charge is 0.421 e. The Hall–Kier alpha value is -9.34. The summed E-state index contributed by atoms with van der Waals surface area (Å²) >= 11 is 0. The summed E-state index contributed by atoms with van der Waals surface area (Å²) in [5, 5.41) is 24.9. The monoisotopic (exact) mass is 1060 g/mol. The van der Waals surface area contributed by atoms with Gasteiger partial charge in [-0.15, -0.1) is 0 Å². The van der Waals surface area contributed by atoms with Crippen molar-refractivity contribution in [2.45, 2.75) is 36.3 Å². The first-order chi connectivity index (χ1) is 38.6. The normalized spacial score (nSPS) is 21.3. The van der Waals surface area contributed by atoms with E-state index in [2.05, 4.69) is 22.1 Å². The van der Waals surface area contributed by atoms with Crippen LogP contribution in [0.3, 0.4) is 0 Å². The van der Waals surface area contributed by atoms with Gasteiger partial charge in [0.15, 0.2) is 0 Å². The minimum absolute atomic E-state index is 0.0594. The van der Waals surface area contributed by atoms with Gasteiger partial charge >= 0.3 is 12.1 Å². The third kappa shape index (κ3) is 9.78. The largest absolute Gasteiger partial charge is 0.497 e. The number of benzene rings is 7. The molecule has 0 saturated carbocycles. The maximum atomic E-state index is 16.9. The van der Waals surface area contributed by atoms with Gasteiger partial charge in [0.2, 0.25) is 11.8 Å². The zero-order chi connectivity index (χ0) is 54.6. The summed E-state index contributed by atoms with van der Waals surface area (Å²) < 4.78 is 29.9. The topological polar surface area (TPSA) is 200 Å². The van der Waals surface area contributed by atoms with E-state index in [1.165, 1.54) is 24.3 Å². The highest BCUT2D eigenvalue weighted by atomic mass is 16.6. The number of nitrogens with one attached hydrogen (secondary N) is 1. The Bertz CT molecular complexity index is 3470. The van der Waals surface area contributed by atoms with E-state index in [4.69, 9.17) is 23.7 Å². The second-order valence-electron chi connectivity index (χ2n) is 19.3. The summed E-state index contributed by atoms with van der Waals surface area (Å²) in [5.74, 6) is 3.21. The number of nitro benzene ring substituents is 1. The molecule has 3 saturated heterocycles. The molecule has 11 rings (SSSR count). The number of morpholine rings is 2. The average Bonchev–Trinajstić information content (AvgIpc) is 3.33. The van der Waals surface area contributed by atoms with Gasteiger partial charge in [0, 0.05) is 53.3 Å². The summed E-state index contributed by atoms with van der Waals surface area (Å²) in [5.41, 5.74) is 2.26. The lowest BCUT2D eigenvalue weighted by Gasteiger charge is -2.46. The van der Waals surface area contributed by atoms with E-state index in [0.717, 1.165) is 10.6 Å². The molecule has 398 valence electrons. The van der Waals surface area contributed by atoms with Crippen LogP contribution >= 0.6 is 0 Å². The second kappa shape index (κ2) is 22.3. The molecule has 3 amide bonds. The molecule has 4 heterocycles. The number of nitro groups is 1. The minimum Gasteiger partial charge on any atom is -0.497 e. The number of aliphatic hydroxyl groups excluding tert-OH is 1. The number of imide groups is 1. The predicted molar refractivity (Wildman–Crippen MR) is 291 cm³/mol. The van der Waals surface area contributed by atoms with Crippen molar-refractivity contribution in [3.8, 4) is 23.3 Å². The first kappa shape index (κ1) is 51.8. The van der Waals surface area contributed by atoms with Crippen molar-refractivity contribution in [3.63, 3.8) is 0 Å². The van der Waals surface area contributed by atoms with Crippen LogP contribution in [-0.2, 0) is 40.6 Å². The number of amides is 3. The van der Waals surface area contributed by atoms with Crippen molar-refractivity contribution in [3.05, 3.63) is 225 Å². The first-order valence-electron chi connectivity index (χ1n) is 25.8. The number of carbonyl (C=O) groups excluding carboxylic acids is 4. The van der Waals surface area contributed by atoms with Crippen LogP contribution in [0.15, 0.2) is 176 Å². The molecule has 6 atom stereocenters. The van der Waals surface area contributed by atoms with E-state index >= 15 is 19.2 Å². The van der Waals surface area contributed by atoms with Gasteiger partial charge < -0.3 is 39.0 Å². The number of cyclic esters (lactones) is 1. The molecule has 7 aromatic rings. The lowest BCUT2D eigenvalue weighted by Crippen LogP contribution is -2.54. The summed E-state index contributed by atoms with van der Waals surface area (Å²) in [6.45, 7) is 1.56. The van der Waals surface area contributed by atoms with E-state index in [-0.39, 0.29) is 35.9 Å². The molecule has 2 N–H and O–H groups in total. The second-order valence-corrected chi connectivity index (χ2v) is 19.3. The van der Waals surface area contributed by atoms with E-state index in [1.54, 1.807) is 86.0 Å². The third-order valence-electron chi connectivity index (χ3n) is 14.9. The standard InChI is InChI=1S/C62H53N5O12/c1-75-48-29-20-40(21-30-48)16-17-41-22-31-51-50(38-41)62(60(71)65(51)61(72)78-39-42-18-25-47(26-19-42)67(73)74)53(58(69)63-45-23-27-46(28-24-45)64-32-35-76-36-33-64)55-59(70)79-56(44-12-6-3-7-13-44)54(43-10-4-2-5-11-43)66(55)57(62)49-14-8-9-15-52(49)77-37-34-68/h2-15,18-31,38,53-57,68H,32-37,39H2,1H3,(H,63,69)/t53-,54-,55-,56+,57+,62-/m0/s1. The average molecular weight is 1060 g/mol. The molecule has 1 spiro atoms. The summed E-state index contributed by atoms with van der Waals surface area (Å²) in [6.07, 6.45) is -2.12. The van der Waals surface area contributed by atoms with Crippen molar-refractivity contribution in [1.82, 2.24) is 4.90 Å². The number of carbonyl (C=O) groups is 4. The van der Waals surface area contributed by atoms with Crippen LogP contribution in [0.4, 0.5) is 27.5 Å². The number of rotatable bonds is 13. The van der Waals surface area contributed by atoms with Crippen molar-refractivity contribution in [2.75, 3.05) is 61.7 Å². The molecular formula is C62H53N5O12. The fourth-order valence-corrected chi connectivity index (χ4v) is 11.5. The van der Waals surface area contributed by atoms with Crippen LogP contribution in [0.25, 0.3) is 0 Å². The number of anilines is 3. The summed E-state index contributed by atoms with van der Waals surface area (Å²) in [7, 11) is 1.57. The quantitative estimate of drug-likeness (QED) is 0.0480. The van der Waals surface area contributed by atoms with Crippen LogP contribution in [-0.4, -0.2) is 91.5 Å². The molecule has 0 aliphatic carbocycles. The first-order valence-corrected chi connectivity index (χ1v) is 25.8. The van der Waals surface area contributed by atoms with Crippen LogP contribution in [0.2, 0.25) is 0 Å². The number of ether oxygens (including phenoxy) is 5. The zero-order valence-corrected chi connectivity index (χ0v) is 42.8. The molecule has 7 aromatic carbocycles. The van der Waals surface area contributed by atoms with E-state index in [0.29, 0.717) is 71.1 Å². The predicted octanol–water partition coefficient (Wildman–Crippen LogP) is 8.85. The SMILES string of the molecule is COc1ccc(C#Cc2ccc3c(c2)[C@]2(C(=O)N3C(=O)OCc3ccc([N+](=O)[O-])cc3)[C@H](C(=O)Nc3ccc(N4CCOCC4)cc3)[C@H]3C(=O)O[C@H](c4ccccc4)[C@H](c4ccccc4)N3[C@@H]2c2ccccc2OCCO)cc1. The lowest BCUT2D eigenvalue weighted by atomic mass is 9.65. The number of aliphatic hydroxyl groups is 1. The molecule has 0 bridgehead atoms. The Kier molecular flexibility index (Phi) is 14.6. The van der Waals surface area contributed by atoms with E-state index in [9.17, 15) is 15.2 Å². The number of hydrogen-bond acceptors (Lipinski definition) is 14. The van der Waals surface area contributed by atoms with Gasteiger partial charge in [0.25, 0.3) is 5.69 Å². The number of non-ortho nitro benzene ring substituents is 1. The molecule has 0 unspecified atom stereocenters. The molecule has 79 heavy (non-hydrogen) atoms. The Morgan fingerprint density at radius 1 is 0.785 bits per heavy atom. The number of para-hydroxylation sites is 1. The summed E-state index contributed by atoms with van der Waals surface area (Å²) in [6, 6.07) is 46.6. The van der Waals surface area contributed by atoms with Gasteiger partial charge in [-0.05, 0) is 107 Å². The van der Waals surface area contributed by atoms with Gasteiger partial charge in [-0.1, -0.05) is 90.7 Å². The lowest BCUT2D eigenvalue weighted by molar-refractivity contribution is -0.384. The highest BCUT2D eigenvalue weighted by molar-refractivity contribution is 6.24. The Labute approximate surface area is 455 Å². The maximum Gasteiger partial charge on any atom is 0.421 e. The van der Waals surface area contributed by atoms with Crippen LogP contribution in [0, 0.1) is 27.9 Å². The van der Waals surface area contributed by atoms with Gasteiger partial charge in [0.1, 0.15) is 42.3 Å². The number of fused-ring (bicyclic) bond motifs is 3. The molecule has 0 radical (unpaired) electrons. The van der Waals surface area contributed by atoms with Gasteiger partial charge in [-0.2, -0.15) is 0 Å². The van der Waals surface area contributed by atoms with Gasteiger partial charge in [-0.3, -0.25) is 29.4 Å². The van der Waals surface area contributed by atoms with Gasteiger partial charge in [-0.25, -0.2) is 9.69 Å². The Balaban J connectivity index is 1.16. The number of methoxy groups -OCH3 is 1. The Morgan fingerprint density at radius 2 is 1.44 bits per heavy atom. The highest BCUT2D eigenvalue weighted by Gasteiger charge is 2.76. The molecule has 17 nitrogen and oxygen atoms in total. The molecule has 4 aliphatic heterocycles. The molecule has 3 fully saturated rings. The van der Waals surface area contributed by atoms with Crippen molar-refractivity contribution in [1.29, 1.82) is 0 Å². The van der Waals surface area contributed by atoms with Crippen molar-refractivity contribution in [2.24, 2.45) is 5.92 Å². The van der Waals surface area contributed by atoms with Crippen LogP contribution in [0.1, 0.15) is 57.1 Å². The van der Waals surface area contributed by atoms with Crippen molar-refractivity contribution < 1.29 is 52.9 Å². The van der Waals surface area contributed by atoms with E-state index in [1.807, 2.05) is 77.7 Å². The van der Waals surface area contributed by atoms with Gasteiger partial charge in [0.05, 0.1) is 55.5 Å². The third-order valence-corrected chi connectivity index (χ3v) is 14.9. The maximum absolute atomic E-state index is 16.9. The molecule has 17 heteroatoms. The fourth-order valence-electron chi connectivity index (χ4n) is 11.5. The van der Waals surface area contributed by atoms with Crippen molar-refractivity contribution >= 4 is 46.6 Å². The number of nitrogens with zero attached hydrogens (tertiary/aromatic N) is 4. The zero-order valence-electron chi connectivity index (χ0n) is 42.8. The minimum atomic E-state index is -2.22. The highest BCUT2D eigenvalue weighted by Crippen LogP contribution is 2.67. The number of hydrogen-bond donors (Lipinski definition) is 2. The molecule has 0 aromatic heterocycles. The van der Waals surface area contributed by atoms with E-state index < -0.39 is 71.0 Å². The van der Waals surface area contributed by atoms with Crippen LogP contribution < -0.4 is 24.6 Å².